The lowest BCUT2D eigenvalue weighted by atomic mass is 9.84. The van der Waals surface area contributed by atoms with E-state index in [1.807, 2.05) is 10.6 Å². The van der Waals surface area contributed by atoms with E-state index >= 15 is 0 Å². The fraction of sp³-hybridized carbons (Fsp3) is 0.632. The predicted octanol–water partition coefficient (Wildman–Crippen LogP) is 5.40. The molecule has 0 radical (unpaired) electrons. The lowest BCUT2D eigenvalue weighted by molar-refractivity contribution is -0.580. The summed E-state index contributed by atoms with van der Waals surface area (Å²) in [6.07, 6.45) is 7.89. The van der Waals surface area contributed by atoms with Gasteiger partial charge in [-0.3, -0.25) is 0 Å². The molecule has 0 spiro atoms. The molecule has 0 bridgehead atoms. The molecule has 2 aromatic heterocycles. The molecule has 0 N–H and O–H groups in total. The number of rotatable bonds is 6. The molecule has 138 valence electrons. The Labute approximate surface area is 159 Å². The predicted molar refractivity (Wildman–Crippen MR) is 109 cm³/mol. The Morgan fingerprint density at radius 2 is 2.00 bits per heavy atom. The van der Waals surface area contributed by atoms with Gasteiger partial charge in [0.2, 0.25) is 0 Å². The van der Waals surface area contributed by atoms with Gasteiger partial charge in [0.05, 0.1) is 11.6 Å². The zero-order valence-electron chi connectivity index (χ0n) is 15.6. The van der Waals surface area contributed by atoms with Crippen molar-refractivity contribution in [1.82, 2.24) is 4.57 Å². The van der Waals surface area contributed by atoms with Gasteiger partial charge in [-0.05, 0) is 52.9 Å². The molecule has 1 saturated carbocycles. The zero-order chi connectivity index (χ0) is 18.0. The second-order valence-corrected chi connectivity index (χ2v) is 14.8. The van der Waals surface area contributed by atoms with Gasteiger partial charge in [0, 0.05) is 20.2 Å². The van der Waals surface area contributed by atoms with Crippen molar-refractivity contribution in [2.75, 3.05) is 6.61 Å². The van der Waals surface area contributed by atoms with Crippen LogP contribution < -0.4 is 4.73 Å². The molecule has 4 nitrogen and oxygen atoms in total. The van der Waals surface area contributed by atoms with Crippen LogP contribution in [0.25, 0.3) is 11.0 Å². The van der Waals surface area contributed by atoms with Crippen LogP contribution in [0, 0.1) is 5.21 Å². The van der Waals surface area contributed by atoms with Crippen molar-refractivity contribution in [2.24, 2.45) is 0 Å². The standard InChI is InChI=1S/C19H29BrN2O2Si/c1-25(2,3)13-12-24-14-21-18(20)17(15-8-5-4-6-9-15)16-10-7-11-22(23)19(16)21/h7,10-11,15H,4-6,8-9,12-14H2,1-3H3. The van der Waals surface area contributed by atoms with Gasteiger partial charge >= 0.3 is 0 Å². The second-order valence-electron chi connectivity index (χ2n) is 8.39. The van der Waals surface area contributed by atoms with Crippen molar-refractivity contribution in [3.05, 3.63) is 33.7 Å². The van der Waals surface area contributed by atoms with Crippen molar-refractivity contribution in [3.63, 3.8) is 0 Å². The first-order chi connectivity index (χ1) is 11.9. The van der Waals surface area contributed by atoms with Crippen molar-refractivity contribution < 1.29 is 9.47 Å². The highest BCUT2D eigenvalue weighted by Crippen LogP contribution is 2.41. The maximum Gasteiger partial charge on any atom is 0.295 e. The molecule has 0 aliphatic heterocycles. The monoisotopic (exact) mass is 424 g/mol. The van der Waals surface area contributed by atoms with Crippen LogP contribution in [0.15, 0.2) is 22.9 Å². The maximum atomic E-state index is 12.5. The molecule has 2 heterocycles. The Kier molecular flexibility index (Phi) is 5.91. The molecule has 1 aliphatic carbocycles. The Hall–Kier alpha value is -0.853. The number of hydrogen-bond acceptors (Lipinski definition) is 2. The molecule has 0 saturated heterocycles. The molecule has 2 aromatic rings. The molecule has 0 amide bonds. The fourth-order valence-corrected chi connectivity index (χ4v) is 5.30. The number of pyridine rings is 1. The summed E-state index contributed by atoms with van der Waals surface area (Å²) in [6, 6.07) is 5.07. The third kappa shape index (κ3) is 4.29. The molecule has 0 unspecified atom stereocenters. The molecular weight excluding hydrogens is 396 g/mol. The summed E-state index contributed by atoms with van der Waals surface area (Å²) in [7, 11) is -1.11. The Morgan fingerprint density at radius 3 is 2.68 bits per heavy atom. The van der Waals surface area contributed by atoms with Crippen LogP contribution in [-0.4, -0.2) is 19.2 Å². The number of nitrogens with zero attached hydrogens (tertiary/aromatic N) is 2. The van der Waals surface area contributed by atoms with Crippen molar-refractivity contribution in [3.8, 4) is 0 Å². The Balaban J connectivity index is 1.90. The lowest BCUT2D eigenvalue weighted by Crippen LogP contribution is -2.29. The minimum atomic E-state index is -1.11. The highest BCUT2D eigenvalue weighted by atomic mass is 79.9. The summed E-state index contributed by atoms with van der Waals surface area (Å²) in [4.78, 5) is 0. The van der Waals surface area contributed by atoms with Gasteiger partial charge in [-0.2, -0.15) is 4.57 Å². The lowest BCUT2D eigenvalue weighted by Gasteiger charge is -2.21. The van der Waals surface area contributed by atoms with E-state index in [0.29, 0.717) is 18.3 Å². The van der Waals surface area contributed by atoms with Crippen LogP contribution in [0.5, 0.6) is 0 Å². The van der Waals surface area contributed by atoms with Crippen LogP contribution in [0.2, 0.25) is 25.7 Å². The van der Waals surface area contributed by atoms with Crippen LogP contribution >= 0.6 is 15.9 Å². The molecule has 0 aromatic carbocycles. The van der Waals surface area contributed by atoms with Crippen molar-refractivity contribution in [1.29, 1.82) is 0 Å². The first kappa shape index (κ1) is 18.9. The number of hydrogen-bond donors (Lipinski definition) is 0. The smallest absolute Gasteiger partial charge is 0.295 e. The number of fused-ring (bicyclic) bond motifs is 1. The number of ether oxygens (including phenoxy) is 1. The van der Waals surface area contributed by atoms with Gasteiger partial charge in [-0.15, -0.1) is 0 Å². The highest BCUT2D eigenvalue weighted by molar-refractivity contribution is 9.10. The van der Waals surface area contributed by atoms with E-state index in [9.17, 15) is 5.21 Å². The molecular formula is C19H29BrN2O2Si. The number of aromatic nitrogens is 2. The van der Waals surface area contributed by atoms with E-state index in [1.54, 1.807) is 6.20 Å². The molecule has 6 heteroatoms. The number of halogens is 1. The Bertz CT molecular complexity index is 733. The average molecular weight is 425 g/mol. The van der Waals surface area contributed by atoms with E-state index in [4.69, 9.17) is 4.74 Å². The minimum Gasteiger partial charge on any atom is -0.711 e. The van der Waals surface area contributed by atoms with E-state index in [2.05, 4.69) is 41.6 Å². The van der Waals surface area contributed by atoms with Crippen molar-refractivity contribution in [2.45, 2.75) is 70.4 Å². The summed E-state index contributed by atoms with van der Waals surface area (Å²) < 4.78 is 9.97. The molecule has 0 atom stereocenters. The first-order valence-corrected chi connectivity index (χ1v) is 13.9. The van der Waals surface area contributed by atoms with Gasteiger partial charge in [0.25, 0.3) is 5.65 Å². The summed E-state index contributed by atoms with van der Waals surface area (Å²) in [6.45, 7) is 8.24. The van der Waals surface area contributed by atoms with Crippen LogP contribution in [0.3, 0.4) is 0 Å². The summed E-state index contributed by atoms with van der Waals surface area (Å²) in [5, 5.41) is 13.5. The minimum absolute atomic E-state index is 0.431. The largest absolute Gasteiger partial charge is 0.711 e. The maximum absolute atomic E-state index is 12.5. The van der Waals surface area contributed by atoms with Gasteiger partial charge in [0.15, 0.2) is 11.3 Å². The van der Waals surface area contributed by atoms with E-state index in [1.165, 1.54) is 37.7 Å². The topological polar surface area (TPSA) is 41.1 Å². The summed E-state index contributed by atoms with van der Waals surface area (Å²) >= 11 is 3.80. The Morgan fingerprint density at radius 1 is 1.28 bits per heavy atom. The van der Waals surface area contributed by atoms with E-state index < -0.39 is 8.07 Å². The van der Waals surface area contributed by atoms with Crippen LogP contribution in [0.4, 0.5) is 0 Å². The fourth-order valence-electron chi connectivity index (χ4n) is 3.74. The van der Waals surface area contributed by atoms with Gasteiger partial charge in [-0.25, -0.2) is 4.73 Å². The summed E-state index contributed by atoms with van der Waals surface area (Å²) in [5.41, 5.74) is 2.01. The third-order valence-corrected chi connectivity index (χ3v) is 7.73. The quantitative estimate of drug-likeness (QED) is 0.269. The molecule has 3 rings (SSSR count). The SMILES string of the molecule is C[Si](C)(C)CCOCn1c(Br)c(C2CCCCC2)c2ccc[n+]([O-])c21. The third-order valence-electron chi connectivity index (χ3n) is 5.17. The van der Waals surface area contributed by atoms with Gasteiger partial charge < -0.3 is 9.94 Å². The van der Waals surface area contributed by atoms with Gasteiger partial charge in [-0.1, -0.05) is 38.9 Å². The first-order valence-electron chi connectivity index (χ1n) is 9.36. The van der Waals surface area contributed by atoms with Crippen LogP contribution in [-0.2, 0) is 11.5 Å². The molecule has 1 fully saturated rings. The van der Waals surface area contributed by atoms with E-state index in [-0.39, 0.29) is 0 Å². The zero-order valence-corrected chi connectivity index (χ0v) is 18.1. The van der Waals surface area contributed by atoms with Crippen LogP contribution in [0.1, 0.15) is 43.6 Å². The normalized spacial score (nSPS) is 16.6. The highest BCUT2D eigenvalue weighted by Gasteiger charge is 2.29. The van der Waals surface area contributed by atoms with Gasteiger partial charge in [0.1, 0.15) is 0 Å². The molecule has 1 aliphatic rings. The average Bonchev–Trinajstić information content (AvgIpc) is 2.85. The van der Waals surface area contributed by atoms with Crippen molar-refractivity contribution >= 4 is 35.0 Å². The summed E-state index contributed by atoms with van der Waals surface area (Å²) in [5.74, 6) is 0.538. The second kappa shape index (κ2) is 7.80. The molecule has 25 heavy (non-hydrogen) atoms. The van der Waals surface area contributed by atoms with E-state index in [0.717, 1.165) is 27.4 Å².